The average Bonchev–Trinajstić information content (AvgIpc) is 2.98. The zero-order chi connectivity index (χ0) is 22.9. The van der Waals surface area contributed by atoms with E-state index in [-0.39, 0.29) is 34.0 Å². The summed E-state index contributed by atoms with van der Waals surface area (Å²) in [5.74, 6) is -2.63. The molecule has 0 spiro atoms. The van der Waals surface area contributed by atoms with Crippen molar-refractivity contribution in [2.24, 2.45) is 0 Å². The lowest BCUT2D eigenvalue weighted by atomic mass is 9.94. The first-order chi connectivity index (χ1) is 14.7. The predicted octanol–water partition coefficient (Wildman–Crippen LogP) is 3.79. The van der Waals surface area contributed by atoms with Crippen LogP contribution in [0.15, 0.2) is 42.0 Å². The number of likely N-dealkylation sites (tertiary alicyclic amines) is 1. The van der Waals surface area contributed by atoms with Crippen LogP contribution in [0.1, 0.15) is 30.5 Å². The minimum Gasteiger partial charge on any atom is -0.507 e. The topological polar surface area (TPSA) is 130 Å². The van der Waals surface area contributed by atoms with E-state index in [4.69, 9.17) is 16.3 Å². The number of methoxy groups -OCH3 is 1. The minimum atomic E-state index is -1.09. The second kappa shape index (κ2) is 8.65. The summed E-state index contributed by atoms with van der Waals surface area (Å²) in [6, 6.07) is 6.89. The van der Waals surface area contributed by atoms with Crippen LogP contribution in [0.4, 0.5) is 5.69 Å². The molecule has 3 rings (SSSR count). The highest BCUT2D eigenvalue weighted by Crippen LogP contribution is 2.43. The number of Topliss-reactive ketones (excluding diaryl/α,β-unsaturated/α-hetero) is 1. The van der Waals surface area contributed by atoms with Crippen LogP contribution in [0, 0.1) is 10.1 Å². The minimum absolute atomic E-state index is 0.0998. The van der Waals surface area contributed by atoms with E-state index in [0.29, 0.717) is 6.42 Å². The smallest absolute Gasteiger partial charge is 0.311 e. The first kappa shape index (κ1) is 22.1. The number of carbonyl (C=O) groups excluding carboxylic acids is 2. The molecular formula is C21H19ClN2O7. The highest BCUT2D eigenvalue weighted by molar-refractivity contribution is 6.46. The number of benzene rings is 2. The predicted molar refractivity (Wildman–Crippen MR) is 112 cm³/mol. The summed E-state index contributed by atoms with van der Waals surface area (Å²) in [5.41, 5.74) is -0.540. The number of amides is 1. The molecule has 1 heterocycles. The Balaban J connectivity index is 2.29. The van der Waals surface area contributed by atoms with Crippen molar-refractivity contribution in [1.82, 2.24) is 4.90 Å². The zero-order valence-electron chi connectivity index (χ0n) is 16.7. The van der Waals surface area contributed by atoms with Gasteiger partial charge in [-0.3, -0.25) is 19.7 Å². The average molecular weight is 447 g/mol. The number of ketones is 1. The Labute approximate surface area is 182 Å². The van der Waals surface area contributed by atoms with E-state index in [1.165, 1.54) is 36.3 Å². The molecule has 31 heavy (non-hydrogen) atoms. The van der Waals surface area contributed by atoms with Gasteiger partial charge in [0.1, 0.15) is 11.5 Å². The van der Waals surface area contributed by atoms with Crippen LogP contribution < -0.4 is 4.74 Å². The number of phenols is 1. The molecule has 1 fully saturated rings. The molecule has 2 N–H and O–H groups in total. The van der Waals surface area contributed by atoms with Gasteiger partial charge in [0, 0.05) is 17.6 Å². The lowest BCUT2D eigenvalue weighted by Gasteiger charge is -2.25. The summed E-state index contributed by atoms with van der Waals surface area (Å²) in [6.07, 6.45) is 0.504. The largest absolute Gasteiger partial charge is 0.507 e. The van der Waals surface area contributed by atoms with Crippen molar-refractivity contribution < 1.29 is 29.5 Å². The number of hydrogen-bond acceptors (Lipinski definition) is 7. The first-order valence-electron chi connectivity index (χ1n) is 9.30. The Morgan fingerprint density at radius 2 is 1.97 bits per heavy atom. The number of nitrogens with zero attached hydrogens (tertiary/aromatic N) is 2. The summed E-state index contributed by atoms with van der Waals surface area (Å²) < 4.78 is 5.24. The molecule has 0 saturated carbocycles. The Kier molecular flexibility index (Phi) is 6.16. The highest BCUT2D eigenvalue weighted by atomic mass is 35.5. The number of aromatic hydroxyl groups is 1. The Morgan fingerprint density at radius 1 is 1.26 bits per heavy atom. The lowest BCUT2D eigenvalue weighted by molar-refractivity contribution is -0.385. The van der Waals surface area contributed by atoms with Crippen molar-refractivity contribution in [2.45, 2.75) is 19.4 Å². The van der Waals surface area contributed by atoms with Crippen LogP contribution in [-0.4, -0.2) is 45.4 Å². The number of rotatable bonds is 6. The van der Waals surface area contributed by atoms with E-state index in [2.05, 4.69) is 0 Å². The van der Waals surface area contributed by atoms with Crippen molar-refractivity contribution in [3.63, 3.8) is 0 Å². The maximum absolute atomic E-state index is 12.9. The van der Waals surface area contributed by atoms with E-state index >= 15 is 0 Å². The summed E-state index contributed by atoms with van der Waals surface area (Å²) in [4.78, 5) is 37.4. The Bertz CT molecular complexity index is 1110. The van der Waals surface area contributed by atoms with Crippen LogP contribution in [0.5, 0.6) is 11.5 Å². The summed E-state index contributed by atoms with van der Waals surface area (Å²) in [6.45, 7) is 1.98. The highest BCUT2D eigenvalue weighted by Gasteiger charge is 2.46. The molecule has 0 radical (unpaired) electrons. The third-order valence-electron chi connectivity index (χ3n) is 4.93. The molecular weight excluding hydrogens is 428 g/mol. The summed E-state index contributed by atoms with van der Waals surface area (Å²) in [5, 5.41) is 32.4. The van der Waals surface area contributed by atoms with Gasteiger partial charge in [-0.2, -0.15) is 0 Å². The molecule has 1 aliphatic rings. The van der Waals surface area contributed by atoms with E-state index < -0.39 is 39.9 Å². The number of nitro groups is 1. The van der Waals surface area contributed by atoms with Gasteiger partial charge in [-0.15, -0.1) is 0 Å². The fourth-order valence-corrected chi connectivity index (χ4v) is 3.74. The Hall–Kier alpha value is -3.59. The molecule has 1 amide bonds. The van der Waals surface area contributed by atoms with Gasteiger partial charge in [0.05, 0.1) is 29.2 Å². The second-order valence-corrected chi connectivity index (χ2v) is 7.28. The van der Waals surface area contributed by atoms with Crippen LogP contribution in [-0.2, 0) is 9.59 Å². The molecule has 10 heteroatoms. The van der Waals surface area contributed by atoms with Crippen LogP contribution >= 0.6 is 11.6 Å². The molecule has 0 bridgehead atoms. The molecule has 1 aliphatic heterocycles. The second-order valence-electron chi connectivity index (χ2n) is 6.84. The van der Waals surface area contributed by atoms with Crippen LogP contribution in [0.25, 0.3) is 5.76 Å². The zero-order valence-corrected chi connectivity index (χ0v) is 17.4. The van der Waals surface area contributed by atoms with Crippen molar-refractivity contribution in [2.75, 3.05) is 13.7 Å². The maximum atomic E-state index is 12.9. The normalized spacial score (nSPS) is 17.8. The molecule has 1 saturated heterocycles. The van der Waals surface area contributed by atoms with Crippen LogP contribution in [0.2, 0.25) is 5.02 Å². The molecule has 1 atom stereocenters. The van der Waals surface area contributed by atoms with E-state index in [9.17, 15) is 29.9 Å². The summed E-state index contributed by atoms with van der Waals surface area (Å²) in [7, 11) is 1.37. The molecule has 1 unspecified atom stereocenters. The number of ether oxygens (including phenoxy) is 1. The Morgan fingerprint density at radius 3 is 2.58 bits per heavy atom. The molecule has 2 aromatic rings. The van der Waals surface area contributed by atoms with Gasteiger partial charge in [-0.05, 0) is 36.2 Å². The van der Waals surface area contributed by atoms with Crippen molar-refractivity contribution >= 4 is 34.7 Å². The van der Waals surface area contributed by atoms with E-state index in [1.54, 1.807) is 6.92 Å². The van der Waals surface area contributed by atoms with Crippen molar-refractivity contribution in [3.8, 4) is 11.5 Å². The van der Waals surface area contributed by atoms with Crippen molar-refractivity contribution in [1.29, 1.82) is 0 Å². The fourth-order valence-electron chi connectivity index (χ4n) is 3.57. The van der Waals surface area contributed by atoms with Gasteiger partial charge in [0.25, 0.3) is 11.7 Å². The number of phenolic OH excluding ortho intramolecular Hbond substituents is 1. The lowest BCUT2D eigenvalue weighted by Crippen LogP contribution is -2.30. The molecule has 2 aromatic carbocycles. The number of halogens is 1. The fraction of sp³-hybridized carbons (Fsp3) is 0.238. The monoisotopic (exact) mass is 446 g/mol. The number of hydrogen-bond donors (Lipinski definition) is 2. The molecule has 9 nitrogen and oxygen atoms in total. The van der Waals surface area contributed by atoms with Gasteiger partial charge in [-0.25, -0.2) is 0 Å². The first-order valence-corrected chi connectivity index (χ1v) is 9.68. The van der Waals surface area contributed by atoms with E-state index in [1.807, 2.05) is 0 Å². The van der Waals surface area contributed by atoms with Gasteiger partial charge < -0.3 is 19.8 Å². The third-order valence-corrected chi connectivity index (χ3v) is 5.17. The number of aliphatic hydroxyl groups excluding tert-OH is 1. The standard InChI is InChI=1S/C21H19ClN2O7/c1-3-8-23-18(11-4-6-15(25)14(9-11)24(29)30)17(20(27)21(23)28)19(26)13-10-12(22)5-7-16(13)31-2/h4-7,9-10,18,25-26H,3,8H2,1-2H3/b19-17+. The van der Waals surface area contributed by atoms with Gasteiger partial charge in [-0.1, -0.05) is 24.6 Å². The number of carbonyl (C=O) groups is 2. The molecule has 162 valence electrons. The third kappa shape index (κ3) is 3.91. The number of nitro benzene ring substituents is 1. The quantitative estimate of drug-likeness (QED) is 0.227. The SMILES string of the molecule is CCCN1C(=O)C(=O)/C(=C(/O)c2cc(Cl)ccc2OC)C1c1ccc(O)c([N+](=O)[O-])c1. The van der Waals surface area contributed by atoms with E-state index in [0.717, 1.165) is 12.1 Å². The maximum Gasteiger partial charge on any atom is 0.311 e. The van der Waals surface area contributed by atoms with Crippen molar-refractivity contribution in [3.05, 3.63) is 68.2 Å². The van der Waals surface area contributed by atoms with Gasteiger partial charge in [0.15, 0.2) is 5.75 Å². The van der Waals surface area contributed by atoms with Gasteiger partial charge in [0.2, 0.25) is 0 Å². The number of aliphatic hydroxyl groups is 1. The van der Waals surface area contributed by atoms with Gasteiger partial charge >= 0.3 is 5.69 Å². The summed E-state index contributed by atoms with van der Waals surface area (Å²) >= 11 is 6.04. The molecule has 0 aliphatic carbocycles. The van der Waals surface area contributed by atoms with Crippen LogP contribution in [0.3, 0.4) is 0 Å². The molecule has 0 aromatic heterocycles.